The number of benzene rings is 1. The molecule has 2 aromatic heterocycles. The van der Waals surface area contributed by atoms with E-state index < -0.39 is 5.97 Å². The third-order valence-corrected chi connectivity index (χ3v) is 4.59. The smallest absolute Gasteiger partial charge is 0.346 e. The number of carboxylic acids is 1. The quantitative estimate of drug-likeness (QED) is 0.802. The van der Waals surface area contributed by atoms with Gasteiger partial charge in [-0.2, -0.15) is 0 Å². The fourth-order valence-electron chi connectivity index (χ4n) is 2.36. The minimum Gasteiger partial charge on any atom is -0.477 e. The Morgan fingerprint density at radius 2 is 1.86 bits per heavy atom. The van der Waals surface area contributed by atoms with Crippen LogP contribution in [0.2, 0.25) is 0 Å². The maximum absolute atomic E-state index is 11.4. The van der Waals surface area contributed by atoms with Gasteiger partial charge in [0.25, 0.3) is 0 Å². The Labute approximate surface area is 131 Å². The van der Waals surface area contributed by atoms with Crippen LogP contribution >= 0.6 is 11.3 Å². The minimum atomic E-state index is -0.925. The van der Waals surface area contributed by atoms with E-state index in [2.05, 4.69) is 9.97 Å². The van der Waals surface area contributed by atoms with Crippen LogP contribution in [-0.4, -0.2) is 35.1 Å². The summed E-state index contributed by atoms with van der Waals surface area (Å²) in [5, 5.41) is 10.1. The number of carbonyl (C=O) groups is 1. The van der Waals surface area contributed by atoms with Crippen LogP contribution in [0, 0.1) is 6.92 Å². The van der Waals surface area contributed by atoms with Crippen LogP contribution in [0.25, 0.3) is 21.6 Å². The monoisotopic (exact) mass is 313 g/mol. The summed E-state index contributed by atoms with van der Waals surface area (Å²) in [6, 6.07) is 9.69. The van der Waals surface area contributed by atoms with Gasteiger partial charge < -0.3 is 10.0 Å². The Kier molecular flexibility index (Phi) is 3.54. The zero-order valence-electron chi connectivity index (χ0n) is 12.5. The summed E-state index contributed by atoms with van der Waals surface area (Å²) in [5.41, 5.74) is 1.63. The molecule has 6 heteroatoms. The molecule has 0 bridgehead atoms. The van der Waals surface area contributed by atoms with Gasteiger partial charge in [-0.15, -0.1) is 11.3 Å². The van der Waals surface area contributed by atoms with Gasteiger partial charge in [-0.1, -0.05) is 30.3 Å². The van der Waals surface area contributed by atoms with E-state index in [4.69, 9.17) is 0 Å². The molecule has 112 valence electrons. The molecule has 0 aliphatic heterocycles. The molecule has 0 saturated heterocycles. The number of aromatic carboxylic acids is 1. The van der Waals surface area contributed by atoms with Crippen molar-refractivity contribution in [3.8, 4) is 11.4 Å². The Morgan fingerprint density at radius 1 is 1.18 bits per heavy atom. The van der Waals surface area contributed by atoms with Crippen molar-refractivity contribution in [2.24, 2.45) is 0 Å². The molecule has 0 spiro atoms. The third-order valence-electron chi connectivity index (χ3n) is 3.42. The average Bonchev–Trinajstić information content (AvgIpc) is 2.84. The second kappa shape index (κ2) is 5.38. The lowest BCUT2D eigenvalue weighted by molar-refractivity contribution is 0.0701. The van der Waals surface area contributed by atoms with Gasteiger partial charge in [0, 0.05) is 19.7 Å². The Hall–Kier alpha value is -2.47. The highest BCUT2D eigenvalue weighted by Crippen LogP contribution is 2.36. The predicted octanol–water partition coefficient (Wildman–Crippen LogP) is 3.43. The Morgan fingerprint density at radius 3 is 2.45 bits per heavy atom. The van der Waals surface area contributed by atoms with E-state index in [1.54, 1.807) is 6.92 Å². The second-order valence-electron chi connectivity index (χ2n) is 5.17. The molecule has 0 fully saturated rings. The van der Waals surface area contributed by atoms with Crippen LogP contribution < -0.4 is 4.90 Å². The van der Waals surface area contributed by atoms with Crippen LogP contribution in [0.5, 0.6) is 0 Å². The number of aromatic nitrogens is 2. The molecule has 3 aromatic rings. The molecule has 22 heavy (non-hydrogen) atoms. The van der Waals surface area contributed by atoms with Crippen LogP contribution in [-0.2, 0) is 0 Å². The predicted molar refractivity (Wildman–Crippen MR) is 88.9 cm³/mol. The molecule has 0 amide bonds. The van der Waals surface area contributed by atoms with Gasteiger partial charge in [-0.05, 0) is 12.5 Å². The first-order chi connectivity index (χ1) is 10.5. The van der Waals surface area contributed by atoms with Gasteiger partial charge in [0.2, 0.25) is 0 Å². The fraction of sp³-hybridized carbons (Fsp3) is 0.188. The van der Waals surface area contributed by atoms with Crippen molar-refractivity contribution in [2.45, 2.75) is 6.92 Å². The number of hydrogen-bond donors (Lipinski definition) is 1. The number of hydrogen-bond acceptors (Lipinski definition) is 5. The highest BCUT2D eigenvalue weighted by molar-refractivity contribution is 7.20. The molecule has 1 aromatic carbocycles. The van der Waals surface area contributed by atoms with Crippen molar-refractivity contribution >= 4 is 33.3 Å². The molecular weight excluding hydrogens is 298 g/mol. The lowest BCUT2D eigenvalue weighted by atomic mass is 10.1. The molecule has 3 rings (SSSR count). The number of thiophene rings is 1. The summed E-state index contributed by atoms with van der Waals surface area (Å²) in [4.78, 5) is 23.5. The third kappa shape index (κ3) is 2.31. The van der Waals surface area contributed by atoms with Crippen LogP contribution in [0.15, 0.2) is 30.3 Å². The highest BCUT2D eigenvalue weighted by atomic mass is 32.1. The summed E-state index contributed by atoms with van der Waals surface area (Å²) < 4.78 is 0. The van der Waals surface area contributed by atoms with Crippen LogP contribution in [0.4, 0.5) is 5.82 Å². The number of fused-ring (bicyclic) bond motifs is 1. The number of nitrogens with zero attached hydrogens (tertiary/aromatic N) is 3. The normalized spacial score (nSPS) is 10.9. The fourth-order valence-corrected chi connectivity index (χ4v) is 3.38. The van der Waals surface area contributed by atoms with Crippen molar-refractivity contribution in [1.82, 2.24) is 9.97 Å². The van der Waals surface area contributed by atoms with E-state index in [1.807, 2.05) is 49.3 Å². The van der Waals surface area contributed by atoms with E-state index in [0.717, 1.165) is 22.3 Å². The summed E-state index contributed by atoms with van der Waals surface area (Å²) in [6.45, 7) is 1.81. The van der Waals surface area contributed by atoms with Gasteiger partial charge in [-0.25, -0.2) is 14.8 Å². The van der Waals surface area contributed by atoms with E-state index in [0.29, 0.717) is 15.5 Å². The standard InChI is InChI=1S/C16H15N3O2S/c1-9-11-14(19(2)3)17-13(10-7-5-4-6-8-10)18-15(11)22-12(9)16(20)21/h4-8H,1-3H3,(H,20,21). The molecule has 2 heterocycles. The van der Waals surface area contributed by atoms with Crippen molar-refractivity contribution in [2.75, 3.05) is 19.0 Å². The highest BCUT2D eigenvalue weighted by Gasteiger charge is 2.21. The molecule has 0 atom stereocenters. The molecule has 1 N–H and O–H groups in total. The van der Waals surface area contributed by atoms with E-state index >= 15 is 0 Å². The maximum Gasteiger partial charge on any atom is 0.346 e. The molecule has 0 radical (unpaired) electrons. The summed E-state index contributed by atoms with van der Waals surface area (Å²) in [7, 11) is 3.79. The number of aryl methyl sites for hydroxylation is 1. The van der Waals surface area contributed by atoms with Gasteiger partial charge in [-0.3, -0.25) is 0 Å². The van der Waals surface area contributed by atoms with Crippen molar-refractivity contribution in [3.63, 3.8) is 0 Å². The second-order valence-corrected chi connectivity index (χ2v) is 6.17. The van der Waals surface area contributed by atoms with Crippen molar-refractivity contribution < 1.29 is 9.90 Å². The van der Waals surface area contributed by atoms with Crippen molar-refractivity contribution in [3.05, 3.63) is 40.8 Å². The average molecular weight is 313 g/mol. The zero-order chi connectivity index (χ0) is 15.9. The Balaban J connectivity index is 2.33. The number of rotatable bonds is 3. The topological polar surface area (TPSA) is 66.3 Å². The first-order valence-corrected chi connectivity index (χ1v) is 7.58. The summed E-state index contributed by atoms with van der Waals surface area (Å²) in [6.07, 6.45) is 0. The largest absolute Gasteiger partial charge is 0.477 e. The SMILES string of the molecule is Cc1c(C(=O)O)sc2nc(-c3ccccc3)nc(N(C)C)c12. The maximum atomic E-state index is 11.4. The molecule has 0 unspecified atom stereocenters. The Bertz CT molecular complexity index is 857. The first-order valence-electron chi connectivity index (χ1n) is 6.76. The van der Waals surface area contributed by atoms with Crippen LogP contribution in [0.3, 0.4) is 0 Å². The van der Waals surface area contributed by atoms with E-state index in [-0.39, 0.29) is 0 Å². The molecular formula is C16H15N3O2S. The van der Waals surface area contributed by atoms with Crippen LogP contribution in [0.1, 0.15) is 15.2 Å². The number of carboxylic acid groups (broad SMARTS) is 1. The lowest BCUT2D eigenvalue weighted by Gasteiger charge is -2.14. The van der Waals surface area contributed by atoms with Crippen molar-refractivity contribution in [1.29, 1.82) is 0 Å². The summed E-state index contributed by atoms with van der Waals surface area (Å²) in [5.74, 6) is 0.423. The molecule has 0 aliphatic carbocycles. The number of anilines is 1. The van der Waals surface area contributed by atoms with Gasteiger partial charge in [0.05, 0.1) is 5.39 Å². The van der Waals surface area contributed by atoms with Gasteiger partial charge in [0.1, 0.15) is 15.5 Å². The molecule has 0 aliphatic rings. The molecule has 5 nitrogen and oxygen atoms in total. The van der Waals surface area contributed by atoms with E-state index in [1.165, 1.54) is 11.3 Å². The molecule has 0 saturated carbocycles. The summed E-state index contributed by atoms with van der Waals surface area (Å²) >= 11 is 1.20. The lowest BCUT2D eigenvalue weighted by Crippen LogP contribution is -2.12. The van der Waals surface area contributed by atoms with Gasteiger partial charge in [0.15, 0.2) is 5.82 Å². The van der Waals surface area contributed by atoms with E-state index in [9.17, 15) is 9.90 Å². The zero-order valence-corrected chi connectivity index (χ0v) is 13.3. The minimum absolute atomic E-state index is 0.317. The first kappa shape index (κ1) is 14.5. The van der Waals surface area contributed by atoms with Gasteiger partial charge >= 0.3 is 5.97 Å².